The summed E-state index contributed by atoms with van der Waals surface area (Å²) in [7, 11) is -7.99. The molecule has 2 N–H and O–H groups in total. The van der Waals surface area contributed by atoms with Gasteiger partial charge in [-0.15, -0.1) is 0 Å². The second-order valence-corrected chi connectivity index (χ2v) is 10.8. The van der Waals surface area contributed by atoms with E-state index in [9.17, 15) is 16.8 Å². The van der Waals surface area contributed by atoms with Crippen molar-refractivity contribution in [3.8, 4) is 0 Å². The normalized spacial score (nSPS) is 11.9. The van der Waals surface area contributed by atoms with E-state index in [4.69, 9.17) is 23.2 Å². The highest BCUT2D eigenvalue weighted by molar-refractivity contribution is 7.93. The van der Waals surface area contributed by atoms with E-state index < -0.39 is 20.0 Å². The predicted octanol–water partition coefficient (Wildman–Crippen LogP) is 5.21. The third-order valence-electron chi connectivity index (χ3n) is 4.21. The van der Waals surface area contributed by atoms with Crippen molar-refractivity contribution in [1.29, 1.82) is 0 Å². The van der Waals surface area contributed by atoms with Crippen LogP contribution >= 0.6 is 23.2 Å². The molecule has 0 radical (unpaired) electrons. The molecule has 0 aliphatic carbocycles. The van der Waals surface area contributed by atoms with Gasteiger partial charge in [0.15, 0.2) is 0 Å². The van der Waals surface area contributed by atoms with Gasteiger partial charge in [-0.2, -0.15) is 0 Å². The maximum absolute atomic E-state index is 12.8. The van der Waals surface area contributed by atoms with E-state index in [1.54, 1.807) is 24.3 Å². The Labute approximate surface area is 186 Å². The summed E-state index contributed by atoms with van der Waals surface area (Å²) >= 11 is 12.1. The van der Waals surface area contributed by atoms with Crippen LogP contribution in [0.1, 0.15) is 11.1 Å². The Balaban J connectivity index is 2.01. The third-order valence-corrected chi connectivity index (χ3v) is 7.70. The number of rotatable bonds is 6. The van der Waals surface area contributed by atoms with Gasteiger partial charge < -0.3 is 0 Å². The quantitative estimate of drug-likeness (QED) is 0.501. The largest absolute Gasteiger partial charge is 0.277 e. The molecule has 158 valence electrons. The fraction of sp³-hybridized carbons (Fsp3) is 0.100. The van der Waals surface area contributed by atoms with Gasteiger partial charge in [-0.1, -0.05) is 58.6 Å². The van der Waals surface area contributed by atoms with Crippen LogP contribution in [0.15, 0.2) is 70.5 Å². The van der Waals surface area contributed by atoms with Crippen LogP contribution < -0.4 is 9.44 Å². The minimum atomic E-state index is -3.99. The first-order valence-corrected chi connectivity index (χ1v) is 12.4. The first-order valence-electron chi connectivity index (χ1n) is 8.66. The van der Waals surface area contributed by atoms with Gasteiger partial charge in [-0.05, 0) is 50.2 Å². The first-order chi connectivity index (χ1) is 14.0. The second-order valence-electron chi connectivity index (χ2n) is 6.65. The standard InChI is InChI=1S/C20H18Cl2N2O4S2/c1-13-3-7-15(8-4-13)29(25,26)23-19-11-17(21)18(22)12-20(19)24-30(27,28)16-9-5-14(2)6-10-16/h3-12,23-24H,1-2H3. The van der Waals surface area contributed by atoms with E-state index in [-0.39, 0.29) is 31.2 Å². The van der Waals surface area contributed by atoms with Gasteiger partial charge in [0, 0.05) is 0 Å². The average Bonchev–Trinajstić information content (AvgIpc) is 2.66. The van der Waals surface area contributed by atoms with Gasteiger partial charge in [0.05, 0.1) is 31.2 Å². The highest BCUT2D eigenvalue weighted by Gasteiger charge is 2.21. The summed E-state index contributed by atoms with van der Waals surface area (Å²) in [5.74, 6) is 0. The molecule has 0 aliphatic heterocycles. The third kappa shape index (κ3) is 5.07. The summed E-state index contributed by atoms with van der Waals surface area (Å²) in [4.78, 5) is 0.0398. The Bertz CT molecular complexity index is 1190. The van der Waals surface area contributed by atoms with Gasteiger partial charge >= 0.3 is 0 Å². The smallest absolute Gasteiger partial charge is 0.261 e. The molecule has 0 bridgehead atoms. The van der Waals surface area contributed by atoms with Crippen LogP contribution in [-0.2, 0) is 20.0 Å². The number of nitrogens with one attached hydrogen (secondary N) is 2. The van der Waals surface area contributed by atoms with Crippen LogP contribution in [0.5, 0.6) is 0 Å². The zero-order valence-corrected chi connectivity index (χ0v) is 19.1. The minimum Gasteiger partial charge on any atom is -0.277 e. The lowest BCUT2D eigenvalue weighted by molar-refractivity contribution is 0.599. The zero-order valence-electron chi connectivity index (χ0n) is 16.0. The van der Waals surface area contributed by atoms with Crippen LogP contribution in [0.2, 0.25) is 10.0 Å². The molecular formula is C20H18Cl2N2O4S2. The number of halogens is 2. The second kappa shape index (κ2) is 8.47. The number of benzene rings is 3. The van der Waals surface area contributed by atoms with Crippen molar-refractivity contribution in [2.45, 2.75) is 23.6 Å². The Kier molecular flexibility index (Phi) is 6.33. The molecule has 3 aromatic rings. The molecule has 10 heteroatoms. The highest BCUT2D eigenvalue weighted by atomic mass is 35.5. The van der Waals surface area contributed by atoms with E-state index in [0.29, 0.717) is 0 Å². The maximum atomic E-state index is 12.8. The van der Waals surface area contributed by atoms with E-state index in [1.165, 1.54) is 36.4 Å². The van der Waals surface area contributed by atoms with E-state index in [1.807, 2.05) is 13.8 Å². The number of hydrogen-bond donors (Lipinski definition) is 2. The molecule has 0 heterocycles. The van der Waals surface area contributed by atoms with Crippen LogP contribution in [-0.4, -0.2) is 16.8 Å². The summed E-state index contributed by atoms with van der Waals surface area (Å²) in [5.41, 5.74) is 1.69. The molecule has 6 nitrogen and oxygen atoms in total. The summed E-state index contributed by atoms with van der Waals surface area (Å²) in [6, 6.07) is 14.9. The number of hydrogen-bond acceptors (Lipinski definition) is 4. The van der Waals surface area contributed by atoms with Gasteiger partial charge in [-0.25, -0.2) is 16.8 Å². The van der Waals surface area contributed by atoms with E-state index in [0.717, 1.165) is 11.1 Å². The summed E-state index contributed by atoms with van der Waals surface area (Å²) in [6.45, 7) is 3.67. The van der Waals surface area contributed by atoms with Crippen LogP contribution in [0, 0.1) is 13.8 Å². The number of aryl methyl sites for hydroxylation is 2. The fourth-order valence-corrected chi connectivity index (χ4v) is 5.03. The molecular weight excluding hydrogens is 467 g/mol. The van der Waals surface area contributed by atoms with Gasteiger partial charge in [0.2, 0.25) is 0 Å². The first kappa shape index (κ1) is 22.4. The lowest BCUT2D eigenvalue weighted by Crippen LogP contribution is -2.17. The van der Waals surface area contributed by atoms with Crippen molar-refractivity contribution in [2.75, 3.05) is 9.44 Å². The lowest BCUT2D eigenvalue weighted by atomic mass is 10.2. The van der Waals surface area contributed by atoms with Gasteiger partial charge in [0.25, 0.3) is 20.0 Å². The zero-order chi connectivity index (χ0) is 22.1. The van der Waals surface area contributed by atoms with Crippen LogP contribution in [0.4, 0.5) is 11.4 Å². The Morgan fingerprint density at radius 3 is 1.20 bits per heavy atom. The van der Waals surface area contributed by atoms with Crippen LogP contribution in [0.25, 0.3) is 0 Å². The lowest BCUT2D eigenvalue weighted by Gasteiger charge is -2.16. The molecule has 0 aromatic heterocycles. The number of sulfonamides is 2. The number of anilines is 2. The van der Waals surface area contributed by atoms with Crippen LogP contribution in [0.3, 0.4) is 0 Å². The monoisotopic (exact) mass is 484 g/mol. The molecule has 0 amide bonds. The minimum absolute atomic E-state index is 0.0199. The molecule has 0 atom stereocenters. The summed E-state index contributed by atoms with van der Waals surface area (Å²) in [6.07, 6.45) is 0. The maximum Gasteiger partial charge on any atom is 0.261 e. The molecule has 0 saturated heterocycles. The average molecular weight is 485 g/mol. The van der Waals surface area contributed by atoms with Crippen molar-refractivity contribution in [3.63, 3.8) is 0 Å². The van der Waals surface area contributed by atoms with Crippen molar-refractivity contribution in [2.24, 2.45) is 0 Å². The molecule has 0 unspecified atom stereocenters. The summed E-state index contributed by atoms with van der Waals surface area (Å²) in [5, 5.41) is 0.133. The fourth-order valence-electron chi connectivity index (χ4n) is 2.56. The molecule has 0 spiro atoms. The van der Waals surface area contributed by atoms with E-state index in [2.05, 4.69) is 9.44 Å². The molecule has 0 fully saturated rings. The van der Waals surface area contributed by atoms with Crippen molar-refractivity contribution in [1.82, 2.24) is 0 Å². The molecule has 3 aromatic carbocycles. The molecule has 30 heavy (non-hydrogen) atoms. The van der Waals surface area contributed by atoms with Crippen molar-refractivity contribution >= 4 is 54.6 Å². The molecule has 0 aliphatic rings. The SMILES string of the molecule is Cc1ccc(S(=O)(=O)Nc2cc(Cl)c(Cl)cc2NS(=O)(=O)c2ccc(C)cc2)cc1. The predicted molar refractivity (Wildman–Crippen MR) is 120 cm³/mol. The van der Waals surface area contributed by atoms with Gasteiger partial charge in [-0.3, -0.25) is 9.44 Å². The van der Waals surface area contributed by atoms with Gasteiger partial charge in [0.1, 0.15) is 0 Å². The molecule has 3 rings (SSSR count). The Morgan fingerprint density at radius 2 is 0.900 bits per heavy atom. The summed E-state index contributed by atoms with van der Waals surface area (Å²) < 4.78 is 55.8. The Hall–Kier alpha value is -2.26. The van der Waals surface area contributed by atoms with Crippen molar-refractivity contribution < 1.29 is 16.8 Å². The topological polar surface area (TPSA) is 92.3 Å². The highest BCUT2D eigenvalue weighted by Crippen LogP contribution is 2.35. The Morgan fingerprint density at radius 1 is 0.600 bits per heavy atom. The molecule has 0 saturated carbocycles. The van der Waals surface area contributed by atoms with E-state index >= 15 is 0 Å². The van der Waals surface area contributed by atoms with Crippen molar-refractivity contribution in [3.05, 3.63) is 81.8 Å².